The Morgan fingerprint density at radius 1 is 0.923 bits per heavy atom. The summed E-state index contributed by atoms with van der Waals surface area (Å²) in [4.78, 5) is 43.7. The minimum Gasteiger partial charge on any atom is -0.341 e. The summed E-state index contributed by atoms with van der Waals surface area (Å²) in [6, 6.07) is 14.1. The minimum atomic E-state index is -0.420. The monoisotopic (exact) mass is 548 g/mol. The van der Waals surface area contributed by atoms with Crippen LogP contribution in [0.2, 0.25) is 5.02 Å². The number of rotatable bonds is 9. The zero-order valence-electron chi connectivity index (χ0n) is 21.8. The summed E-state index contributed by atoms with van der Waals surface area (Å²) in [5.74, 6) is 1.04. The van der Waals surface area contributed by atoms with E-state index in [-0.39, 0.29) is 18.2 Å². The van der Waals surface area contributed by atoms with Crippen LogP contribution in [-0.4, -0.2) is 58.9 Å². The van der Waals surface area contributed by atoms with Crippen LogP contribution >= 0.6 is 11.6 Å². The van der Waals surface area contributed by atoms with Crippen LogP contribution in [0.4, 0.5) is 29.2 Å². The number of hydrogen-bond acceptors (Lipinski definition) is 9. The third-order valence-electron chi connectivity index (χ3n) is 7.09. The Hall–Kier alpha value is -3.76. The first-order chi connectivity index (χ1) is 19.0. The first-order valence-corrected chi connectivity index (χ1v) is 13.8. The maximum Gasteiger partial charge on any atom is 0.233 e. The fourth-order valence-corrected chi connectivity index (χ4v) is 5.17. The molecule has 0 unspecified atom stereocenters. The van der Waals surface area contributed by atoms with Gasteiger partial charge < -0.3 is 26.2 Å². The van der Waals surface area contributed by atoms with Gasteiger partial charge in [-0.1, -0.05) is 23.7 Å². The van der Waals surface area contributed by atoms with Gasteiger partial charge in [0.15, 0.2) is 5.78 Å². The fourth-order valence-electron chi connectivity index (χ4n) is 4.99. The third-order valence-corrected chi connectivity index (χ3v) is 7.42. The molecule has 204 valence electrons. The molecule has 2 aliphatic rings. The number of anilines is 5. The number of ketones is 1. The Morgan fingerprint density at radius 3 is 2.41 bits per heavy atom. The average molecular weight is 549 g/mol. The largest absolute Gasteiger partial charge is 0.341 e. The molecule has 2 fully saturated rings. The molecule has 1 aromatic heterocycles. The van der Waals surface area contributed by atoms with E-state index in [0.29, 0.717) is 40.7 Å². The number of Topliss-reactive ketones (excluding diaryl/α,β-unsaturated/α-hetero) is 1. The second kappa shape index (κ2) is 12.4. The maximum atomic E-state index is 12.7. The molecule has 0 aliphatic carbocycles. The summed E-state index contributed by atoms with van der Waals surface area (Å²) in [5.41, 5.74) is 7.66. The van der Waals surface area contributed by atoms with Crippen LogP contribution in [0.3, 0.4) is 0 Å². The molecule has 0 spiro atoms. The zero-order chi connectivity index (χ0) is 27.2. The van der Waals surface area contributed by atoms with E-state index < -0.39 is 5.91 Å². The first kappa shape index (κ1) is 26.8. The molecular formula is C28H33ClN8O2. The van der Waals surface area contributed by atoms with Crippen molar-refractivity contribution in [2.75, 3.05) is 46.6 Å². The molecule has 1 atom stereocenters. The summed E-state index contributed by atoms with van der Waals surface area (Å²) in [6.45, 7) is 3.26. The van der Waals surface area contributed by atoms with Crippen molar-refractivity contribution in [1.82, 2.24) is 15.0 Å². The molecule has 2 aliphatic heterocycles. The summed E-state index contributed by atoms with van der Waals surface area (Å²) in [7, 11) is 0. The average Bonchev–Trinajstić information content (AvgIpc) is 3.44. The highest BCUT2D eigenvalue weighted by atomic mass is 35.5. The van der Waals surface area contributed by atoms with E-state index in [1.807, 2.05) is 0 Å². The molecule has 5 rings (SSSR count). The van der Waals surface area contributed by atoms with Gasteiger partial charge in [0.1, 0.15) is 0 Å². The molecular weight excluding hydrogens is 516 g/mol. The van der Waals surface area contributed by atoms with Crippen molar-refractivity contribution in [2.24, 2.45) is 5.73 Å². The first-order valence-electron chi connectivity index (χ1n) is 13.4. The molecule has 2 saturated heterocycles. The molecule has 0 saturated carbocycles. The predicted molar refractivity (Wildman–Crippen MR) is 154 cm³/mol. The van der Waals surface area contributed by atoms with Gasteiger partial charge in [0.25, 0.3) is 0 Å². The van der Waals surface area contributed by atoms with E-state index >= 15 is 0 Å². The van der Waals surface area contributed by atoms with Crippen LogP contribution in [0.15, 0.2) is 48.5 Å². The third kappa shape index (κ3) is 6.63. The van der Waals surface area contributed by atoms with E-state index in [4.69, 9.17) is 32.3 Å². The minimum absolute atomic E-state index is 0.217. The standard InChI is InChI=1S/C28H33ClN8O2/c29-22-8-2-3-9-23(22)32-25(39)17-24(38)19-10-12-20(13-11-19)31-26-33-27(36-14-4-1-5-15-36)35-28(34-26)37-16-6-7-21(37)18-30/h2-3,8-13,21H,1,4-7,14-18,30H2,(H,32,39)(H,31,33,34,35)/t21-/m0/s1. The van der Waals surface area contributed by atoms with Crippen LogP contribution in [0.25, 0.3) is 0 Å². The lowest BCUT2D eigenvalue weighted by atomic mass is 10.1. The molecule has 2 aromatic carbocycles. The van der Waals surface area contributed by atoms with Gasteiger partial charge in [0.2, 0.25) is 23.8 Å². The van der Waals surface area contributed by atoms with Gasteiger partial charge in [-0.15, -0.1) is 0 Å². The fraction of sp³-hybridized carbons (Fsp3) is 0.393. The summed E-state index contributed by atoms with van der Waals surface area (Å²) >= 11 is 6.09. The molecule has 0 radical (unpaired) electrons. The smallest absolute Gasteiger partial charge is 0.233 e. The van der Waals surface area contributed by atoms with Gasteiger partial charge >= 0.3 is 0 Å². The second-order valence-electron chi connectivity index (χ2n) is 9.86. The van der Waals surface area contributed by atoms with Crippen molar-refractivity contribution >= 4 is 52.5 Å². The van der Waals surface area contributed by atoms with Gasteiger partial charge in [0.05, 0.1) is 17.1 Å². The molecule has 10 nitrogen and oxygen atoms in total. The SMILES string of the molecule is NC[C@@H]1CCCN1c1nc(Nc2ccc(C(=O)CC(=O)Nc3ccccc3Cl)cc2)nc(N2CCCCC2)n1. The Kier molecular flexibility index (Phi) is 8.53. The number of benzene rings is 2. The molecule has 3 heterocycles. The molecule has 39 heavy (non-hydrogen) atoms. The van der Waals surface area contributed by atoms with Crippen LogP contribution < -0.4 is 26.2 Å². The molecule has 3 aromatic rings. The predicted octanol–water partition coefficient (Wildman–Crippen LogP) is 4.40. The van der Waals surface area contributed by atoms with E-state index in [1.54, 1.807) is 48.5 Å². The number of halogens is 1. The highest BCUT2D eigenvalue weighted by Crippen LogP contribution is 2.27. The molecule has 0 bridgehead atoms. The lowest BCUT2D eigenvalue weighted by Gasteiger charge is -2.29. The van der Waals surface area contributed by atoms with E-state index in [1.165, 1.54) is 6.42 Å². The van der Waals surface area contributed by atoms with Crippen molar-refractivity contribution in [3.8, 4) is 0 Å². The molecule has 11 heteroatoms. The van der Waals surface area contributed by atoms with Crippen molar-refractivity contribution in [2.45, 2.75) is 44.6 Å². The van der Waals surface area contributed by atoms with Gasteiger partial charge in [-0.05, 0) is 68.5 Å². The second-order valence-corrected chi connectivity index (χ2v) is 10.3. The normalized spacial score (nSPS) is 17.2. The number of para-hydroxylation sites is 1. The highest BCUT2D eigenvalue weighted by Gasteiger charge is 2.27. The number of nitrogens with zero attached hydrogens (tertiary/aromatic N) is 5. The number of carbonyl (C=O) groups excluding carboxylic acids is 2. The van der Waals surface area contributed by atoms with E-state index in [2.05, 4.69) is 20.4 Å². The van der Waals surface area contributed by atoms with Crippen molar-refractivity contribution in [1.29, 1.82) is 0 Å². The van der Waals surface area contributed by atoms with Crippen molar-refractivity contribution < 1.29 is 9.59 Å². The number of aromatic nitrogens is 3. The van der Waals surface area contributed by atoms with Crippen LogP contribution in [0.1, 0.15) is 48.9 Å². The van der Waals surface area contributed by atoms with Crippen molar-refractivity contribution in [3.63, 3.8) is 0 Å². The Morgan fingerprint density at radius 2 is 1.67 bits per heavy atom. The Labute approximate surface area is 233 Å². The van der Waals surface area contributed by atoms with Crippen LogP contribution in [-0.2, 0) is 4.79 Å². The summed E-state index contributed by atoms with van der Waals surface area (Å²) < 4.78 is 0. The topological polar surface area (TPSA) is 129 Å². The lowest BCUT2D eigenvalue weighted by Crippen LogP contribution is -2.37. The quantitative estimate of drug-likeness (QED) is 0.263. The number of amides is 1. The molecule has 4 N–H and O–H groups in total. The van der Waals surface area contributed by atoms with Gasteiger partial charge in [-0.3, -0.25) is 9.59 Å². The lowest BCUT2D eigenvalue weighted by molar-refractivity contribution is -0.115. The van der Waals surface area contributed by atoms with Gasteiger partial charge in [-0.2, -0.15) is 15.0 Å². The molecule has 1 amide bonds. The van der Waals surface area contributed by atoms with Crippen molar-refractivity contribution in [3.05, 3.63) is 59.1 Å². The van der Waals surface area contributed by atoms with E-state index in [0.717, 1.165) is 51.0 Å². The Bertz CT molecular complexity index is 1310. The Balaban J connectivity index is 1.29. The van der Waals surface area contributed by atoms with Crippen LogP contribution in [0.5, 0.6) is 0 Å². The number of piperidine rings is 1. The number of carbonyl (C=O) groups is 2. The summed E-state index contributed by atoms with van der Waals surface area (Å²) in [5, 5.41) is 6.37. The summed E-state index contributed by atoms with van der Waals surface area (Å²) in [6.07, 6.45) is 5.24. The number of nitrogens with one attached hydrogen (secondary N) is 2. The highest BCUT2D eigenvalue weighted by molar-refractivity contribution is 6.33. The van der Waals surface area contributed by atoms with Gasteiger partial charge in [-0.25, -0.2) is 0 Å². The number of nitrogens with two attached hydrogens (primary N) is 1. The number of hydrogen-bond donors (Lipinski definition) is 3. The zero-order valence-corrected chi connectivity index (χ0v) is 22.5. The van der Waals surface area contributed by atoms with Gasteiger partial charge in [0, 0.05) is 43.5 Å². The van der Waals surface area contributed by atoms with Crippen LogP contribution in [0, 0.1) is 0 Å². The maximum absolute atomic E-state index is 12.7. The van der Waals surface area contributed by atoms with E-state index in [9.17, 15) is 9.59 Å².